The molecule has 0 aliphatic heterocycles. The molecular formula is C21H26FN3O3. The monoisotopic (exact) mass is 387 g/mol. The number of rotatable bonds is 8. The number of ether oxygens (including phenoxy) is 1. The number of hydrogen-bond acceptors (Lipinski definition) is 4. The van der Waals surface area contributed by atoms with Gasteiger partial charge in [-0.05, 0) is 41.3 Å². The third-order valence-corrected chi connectivity index (χ3v) is 4.40. The Morgan fingerprint density at radius 2 is 1.57 bits per heavy atom. The summed E-state index contributed by atoms with van der Waals surface area (Å²) in [7, 11) is 1.57. The van der Waals surface area contributed by atoms with E-state index < -0.39 is 12.1 Å². The van der Waals surface area contributed by atoms with Crippen LogP contribution in [0, 0.1) is 11.7 Å². The summed E-state index contributed by atoms with van der Waals surface area (Å²) in [5.41, 5.74) is 7.29. The maximum Gasteiger partial charge on any atom is 0.240 e. The molecule has 7 heteroatoms. The van der Waals surface area contributed by atoms with Gasteiger partial charge in [-0.15, -0.1) is 0 Å². The second kappa shape index (κ2) is 9.85. The van der Waals surface area contributed by atoms with E-state index in [2.05, 4.69) is 10.6 Å². The first-order chi connectivity index (χ1) is 13.3. The van der Waals surface area contributed by atoms with Crippen LogP contribution in [-0.2, 0) is 9.59 Å². The van der Waals surface area contributed by atoms with Crippen LogP contribution in [0.25, 0.3) is 0 Å². The van der Waals surface area contributed by atoms with Crippen LogP contribution >= 0.6 is 0 Å². The topological polar surface area (TPSA) is 93.5 Å². The second-order valence-electron chi connectivity index (χ2n) is 6.81. The molecule has 0 heterocycles. The van der Waals surface area contributed by atoms with Crippen molar-refractivity contribution in [2.75, 3.05) is 13.7 Å². The summed E-state index contributed by atoms with van der Waals surface area (Å²) < 4.78 is 18.5. The lowest BCUT2D eigenvalue weighted by Gasteiger charge is -2.21. The van der Waals surface area contributed by atoms with E-state index in [1.807, 2.05) is 26.0 Å². The largest absolute Gasteiger partial charge is 0.497 e. The fraction of sp³-hybridized carbons (Fsp3) is 0.333. The summed E-state index contributed by atoms with van der Waals surface area (Å²) in [6.07, 6.45) is 0. The van der Waals surface area contributed by atoms with Gasteiger partial charge in [-0.2, -0.15) is 0 Å². The minimum Gasteiger partial charge on any atom is -0.497 e. The van der Waals surface area contributed by atoms with E-state index in [0.717, 1.165) is 5.56 Å². The molecule has 0 radical (unpaired) electrons. The standard InChI is InChI=1S/C21H26FN3O3/c1-13(2)19(23)21(27)24-12-18(26)25-20(14-4-8-16(22)9-5-14)15-6-10-17(28-3)11-7-15/h4-11,13,19-20H,12,23H2,1-3H3,(H,24,27)(H,25,26)/t19-,20?/m0/s1. The first-order valence-electron chi connectivity index (χ1n) is 9.04. The Bertz CT molecular complexity index is 792. The maximum atomic E-state index is 13.3. The molecule has 28 heavy (non-hydrogen) atoms. The van der Waals surface area contributed by atoms with Crippen molar-refractivity contribution in [3.8, 4) is 5.75 Å². The molecule has 2 atom stereocenters. The highest BCUT2D eigenvalue weighted by molar-refractivity contribution is 5.87. The van der Waals surface area contributed by atoms with E-state index in [1.54, 1.807) is 31.4 Å². The summed E-state index contributed by atoms with van der Waals surface area (Å²) in [5, 5.41) is 5.42. The molecule has 2 aromatic rings. The third-order valence-electron chi connectivity index (χ3n) is 4.40. The molecule has 150 valence electrons. The summed E-state index contributed by atoms with van der Waals surface area (Å²) in [5.74, 6) is -0.474. The molecule has 1 unspecified atom stereocenters. The van der Waals surface area contributed by atoms with Gasteiger partial charge in [0.05, 0.1) is 25.7 Å². The Morgan fingerprint density at radius 3 is 2.07 bits per heavy atom. The quantitative estimate of drug-likeness (QED) is 0.647. The minimum absolute atomic E-state index is 0.0330. The number of methoxy groups -OCH3 is 1. The zero-order valence-corrected chi connectivity index (χ0v) is 16.2. The van der Waals surface area contributed by atoms with Crippen LogP contribution in [0.3, 0.4) is 0 Å². The first-order valence-corrected chi connectivity index (χ1v) is 9.04. The molecule has 6 nitrogen and oxygen atoms in total. The van der Waals surface area contributed by atoms with Crippen LogP contribution in [-0.4, -0.2) is 31.5 Å². The molecule has 2 aromatic carbocycles. The van der Waals surface area contributed by atoms with Crippen molar-refractivity contribution in [3.63, 3.8) is 0 Å². The number of benzene rings is 2. The van der Waals surface area contributed by atoms with Crippen molar-refractivity contribution >= 4 is 11.8 Å². The van der Waals surface area contributed by atoms with E-state index in [4.69, 9.17) is 10.5 Å². The van der Waals surface area contributed by atoms with Gasteiger partial charge < -0.3 is 21.1 Å². The van der Waals surface area contributed by atoms with Crippen molar-refractivity contribution < 1.29 is 18.7 Å². The Kier molecular flexibility index (Phi) is 7.52. The third kappa shape index (κ3) is 5.79. The van der Waals surface area contributed by atoms with Crippen LogP contribution in [0.1, 0.15) is 31.0 Å². The van der Waals surface area contributed by atoms with E-state index in [0.29, 0.717) is 11.3 Å². The Hall–Kier alpha value is -2.93. The molecule has 0 aliphatic rings. The van der Waals surface area contributed by atoms with Gasteiger partial charge in [0.2, 0.25) is 11.8 Å². The molecule has 2 amide bonds. The van der Waals surface area contributed by atoms with Crippen molar-refractivity contribution in [2.45, 2.75) is 25.9 Å². The summed E-state index contributed by atoms with van der Waals surface area (Å²) in [6.45, 7) is 3.46. The molecule has 0 spiro atoms. The van der Waals surface area contributed by atoms with Crippen LogP contribution in [0.15, 0.2) is 48.5 Å². The lowest BCUT2D eigenvalue weighted by atomic mass is 9.98. The SMILES string of the molecule is COc1ccc(C(NC(=O)CNC(=O)[C@@H](N)C(C)C)c2ccc(F)cc2)cc1. The van der Waals surface area contributed by atoms with Gasteiger partial charge in [-0.25, -0.2) is 4.39 Å². The number of carbonyl (C=O) groups is 2. The number of carbonyl (C=O) groups excluding carboxylic acids is 2. The summed E-state index contributed by atoms with van der Waals surface area (Å²) in [6, 6.07) is 11.9. The number of amides is 2. The minimum atomic E-state index is -0.678. The zero-order valence-electron chi connectivity index (χ0n) is 16.2. The highest BCUT2D eigenvalue weighted by Crippen LogP contribution is 2.24. The highest BCUT2D eigenvalue weighted by atomic mass is 19.1. The average molecular weight is 387 g/mol. The molecule has 0 aromatic heterocycles. The smallest absolute Gasteiger partial charge is 0.240 e. The Balaban J connectivity index is 2.14. The fourth-order valence-electron chi connectivity index (χ4n) is 2.61. The van der Waals surface area contributed by atoms with Gasteiger partial charge in [0.25, 0.3) is 0 Å². The summed E-state index contributed by atoms with van der Waals surface area (Å²) in [4.78, 5) is 24.4. The number of nitrogens with one attached hydrogen (secondary N) is 2. The van der Waals surface area contributed by atoms with Crippen molar-refractivity contribution in [1.82, 2.24) is 10.6 Å². The maximum absolute atomic E-state index is 13.3. The van der Waals surface area contributed by atoms with Gasteiger partial charge in [0, 0.05) is 0 Å². The van der Waals surface area contributed by atoms with Crippen molar-refractivity contribution in [3.05, 3.63) is 65.5 Å². The molecule has 0 saturated heterocycles. The molecule has 0 fully saturated rings. The van der Waals surface area contributed by atoms with Crippen molar-refractivity contribution in [1.29, 1.82) is 0 Å². The lowest BCUT2D eigenvalue weighted by Crippen LogP contribution is -2.47. The number of nitrogens with two attached hydrogens (primary N) is 1. The number of hydrogen-bond donors (Lipinski definition) is 3. The normalized spacial score (nSPS) is 12.9. The molecule has 4 N–H and O–H groups in total. The highest BCUT2D eigenvalue weighted by Gasteiger charge is 2.20. The molecule has 0 bridgehead atoms. The van der Waals surface area contributed by atoms with Crippen molar-refractivity contribution in [2.24, 2.45) is 11.7 Å². The predicted octanol–water partition coefficient (Wildman–Crippen LogP) is 2.14. The van der Waals surface area contributed by atoms with Gasteiger partial charge >= 0.3 is 0 Å². The van der Waals surface area contributed by atoms with Gasteiger partial charge in [0.1, 0.15) is 11.6 Å². The Morgan fingerprint density at radius 1 is 1.04 bits per heavy atom. The summed E-state index contributed by atoms with van der Waals surface area (Å²) >= 11 is 0. The van der Waals surface area contributed by atoms with Gasteiger partial charge in [-0.3, -0.25) is 9.59 Å². The zero-order chi connectivity index (χ0) is 20.7. The molecule has 0 aliphatic carbocycles. The van der Waals surface area contributed by atoms with E-state index in [1.165, 1.54) is 12.1 Å². The number of halogens is 1. The van der Waals surface area contributed by atoms with Crippen LogP contribution < -0.4 is 21.1 Å². The second-order valence-corrected chi connectivity index (χ2v) is 6.81. The fourth-order valence-corrected chi connectivity index (χ4v) is 2.61. The van der Waals surface area contributed by atoms with E-state index in [-0.39, 0.29) is 30.1 Å². The van der Waals surface area contributed by atoms with Crippen LogP contribution in [0.5, 0.6) is 5.75 Å². The van der Waals surface area contributed by atoms with E-state index >= 15 is 0 Å². The molecular weight excluding hydrogens is 361 g/mol. The van der Waals surface area contributed by atoms with Gasteiger partial charge in [-0.1, -0.05) is 38.1 Å². The lowest BCUT2D eigenvalue weighted by molar-refractivity contribution is -0.127. The predicted molar refractivity (Wildman–Crippen MR) is 105 cm³/mol. The van der Waals surface area contributed by atoms with Crippen LogP contribution in [0.4, 0.5) is 4.39 Å². The average Bonchev–Trinajstić information content (AvgIpc) is 2.70. The van der Waals surface area contributed by atoms with Crippen LogP contribution in [0.2, 0.25) is 0 Å². The Labute approximate surface area is 164 Å². The van der Waals surface area contributed by atoms with Gasteiger partial charge in [0.15, 0.2) is 0 Å². The van der Waals surface area contributed by atoms with E-state index in [9.17, 15) is 14.0 Å². The molecule has 0 saturated carbocycles. The molecule has 2 rings (SSSR count). The first kappa shape index (κ1) is 21.4.